The van der Waals surface area contributed by atoms with Gasteiger partial charge in [-0.05, 0) is 6.42 Å². The molecule has 0 rings (SSSR count). The third-order valence-corrected chi connectivity index (χ3v) is 0.966. The van der Waals surface area contributed by atoms with Gasteiger partial charge in [-0.15, -0.1) is 0 Å². The molecule has 0 fully saturated rings. The first-order valence-electron chi connectivity index (χ1n) is 2.94. The van der Waals surface area contributed by atoms with E-state index in [9.17, 15) is 13.2 Å². The Morgan fingerprint density at radius 1 is 1.50 bits per heavy atom. The predicted molar refractivity (Wildman–Crippen MR) is 33.5 cm³/mol. The van der Waals surface area contributed by atoms with E-state index in [4.69, 9.17) is 0 Å². The zero-order valence-corrected chi connectivity index (χ0v) is 5.76. The maximum atomic E-state index is 11.4. The van der Waals surface area contributed by atoms with E-state index in [0.29, 0.717) is 12.1 Å². The average molecular weight is 153 g/mol. The van der Waals surface area contributed by atoms with Crippen molar-refractivity contribution in [1.29, 1.82) is 0 Å². The highest BCUT2D eigenvalue weighted by Crippen LogP contribution is 2.12. The topological polar surface area (TPSA) is 12.0 Å². The van der Waals surface area contributed by atoms with E-state index in [1.807, 2.05) is 0 Å². The smallest absolute Gasteiger partial charge is 0.380 e. The summed E-state index contributed by atoms with van der Waals surface area (Å²) < 4.78 is 34.3. The van der Waals surface area contributed by atoms with Crippen molar-refractivity contribution in [3.8, 4) is 0 Å². The van der Waals surface area contributed by atoms with Crippen LogP contribution in [0.15, 0.2) is 12.3 Å². The fraction of sp³-hybridized carbons (Fsp3) is 0.667. The van der Waals surface area contributed by atoms with Gasteiger partial charge in [-0.2, -0.15) is 13.2 Å². The summed E-state index contributed by atoms with van der Waals surface area (Å²) in [5, 5.41) is 2.15. The molecule has 0 aliphatic carbocycles. The highest BCUT2D eigenvalue weighted by atomic mass is 19.4. The molecule has 10 heavy (non-hydrogen) atoms. The Hall–Kier alpha value is -0.670. The van der Waals surface area contributed by atoms with Crippen molar-refractivity contribution in [2.75, 3.05) is 6.54 Å². The van der Waals surface area contributed by atoms with Crippen LogP contribution >= 0.6 is 0 Å². The van der Waals surface area contributed by atoms with Gasteiger partial charge in [0.05, 0.1) is 0 Å². The van der Waals surface area contributed by atoms with Gasteiger partial charge < -0.3 is 5.32 Å². The summed E-state index contributed by atoms with van der Waals surface area (Å²) in [6.45, 7) is 4.12. The Bertz CT molecular complexity index is 117. The van der Waals surface area contributed by atoms with Gasteiger partial charge in [0.2, 0.25) is 0 Å². The molecule has 0 aromatic carbocycles. The SMILES string of the molecule is C=C(CC)NCC(F)(F)F. The van der Waals surface area contributed by atoms with Crippen LogP contribution in [0.2, 0.25) is 0 Å². The summed E-state index contributed by atoms with van der Waals surface area (Å²) in [5.41, 5.74) is 0.414. The average Bonchev–Trinajstić information content (AvgIpc) is 1.81. The van der Waals surface area contributed by atoms with Crippen LogP contribution in [-0.4, -0.2) is 12.7 Å². The summed E-state index contributed by atoms with van der Waals surface area (Å²) in [6.07, 6.45) is -3.62. The van der Waals surface area contributed by atoms with Crippen molar-refractivity contribution in [2.24, 2.45) is 0 Å². The van der Waals surface area contributed by atoms with Crippen LogP contribution in [0.1, 0.15) is 13.3 Å². The number of hydrogen-bond acceptors (Lipinski definition) is 1. The number of hydrogen-bond donors (Lipinski definition) is 1. The van der Waals surface area contributed by atoms with E-state index in [2.05, 4.69) is 11.9 Å². The monoisotopic (exact) mass is 153 g/mol. The summed E-state index contributed by atoms with van der Waals surface area (Å²) in [4.78, 5) is 0. The lowest BCUT2D eigenvalue weighted by Gasteiger charge is -2.09. The molecule has 0 aliphatic heterocycles. The highest BCUT2D eigenvalue weighted by molar-refractivity contribution is 4.89. The zero-order valence-electron chi connectivity index (χ0n) is 5.76. The van der Waals surface area contributed by atoms with Crippen LogP contribution in [0.4, 0.5) is 13.2 Å². The Labute approximate surface area is 57.9 Å². The first kappa shape index (κ1) is 9.33. The minimum Gasteiger partial charge on any atom is -0.380 e. The number of nitrogens with one attached hydrogen (secondary N) is 1. The van der Waals surface area contributed by atoms with Crippen LogP contribution in [0, 0.1) is 0 Å². The van der Waals surface area contributed by atoms with Gasteiger partial charge in [-0.3, -0.25) is 0 Å². The van der Waals surface area contributed by atoms with Crippen molar-refractivity contribution < 1.29 is 13.2 Å². The number of halogens is 3. The van der Waals surface area contributed by atoms with E-state index >= 15 is 0 Å². The Morgan fingerprint density at radius 2 is 2.00 bits per heavy atom. The molecule has 0 saturated carbocycles. The standard InChI is InChI=1S/C6H10F3N/c1-3-5(2)10-4-6(7,8)9/h10H,2-4H2,1H3. The predicted octanol–water partition coefficient (Wildman–Crippen LogP) is 2.06. The van der Waals surface area contributed by atoms with E-state index < -0.39 is 12.7 Å². The van der Waals surface area contributed by atoms with Crippen molar-refractivity contribution >= 4 is 0 Å². The molecular weight excluding hydrogens is 143 g/mol. The van der Waals surface area contributed by atoms with Crippen molar-refractivity contribution in [3.05, 3.63) is 12.3 Å². The van der Waals surface area contributed by atoms with Crippen LogP contribution in [0.5, 0.6) is 0 Å². The van der Waals surface area contributed by atoms with Crippen LogP contribution in [-0.2, 0) is 0 Å². The highest BCUT2D eigenvalue weighted by Gasteiger charge is 2.26. The van der Waals surface area contributed by atoms with Gasteiger partial charge in [0, 0.05) is 5.70 Å². The van der Waals surface area contributed by atoms with E-state index in [1.165, 1.54) is 0 Å². The lowest BCUT2D eigenvalue weighted by atomic mass is 10.4. The van der Waals surface area contributed by atoms with Gasteiger partial charge in [-0.1, -0.05) is 13.5 Å². The molecule has 0 aliphatic rings. The molecule has 1 N–H and O–H groups in total. The molecule has 0 heterocycles. The zero-order chi connectivity index (χ0) is 8.20. The van der Waals surface area contributed by atoms with Gasteiger partial charge >= 0.3 is 6.18 Å². The van der Waals surface area contributed by atoms with Gasteiger partial charge in [0.15, 0.2) is 0 Å². The largest absolute Gasteiger partial charge is 0.405 e. The first-order chi connectivity index (χ1) is 4.45. The van der Waals surface area contributed by atoms with Crippen molar-refractivity contribution in [2.45, 2.75) is 19.5 Å². The van der Waals surface area contributed by atoms with Gasteiger partial charge in [-0.25, -0.2) is 0 Å². The van der Waals surface area contributed by atoms with Crippen LogP contribution in [0.25, 0.3) is 0 Å². The molecule has 1 nitrogen and oxygen atoms in total. The summed E-state index contributed by atoms with van der Waals surface area (Å²) in [6, 6.07) is 0. The minimum absolute atomic E-state index is 0.414. The molecule has 0 spiro atoms. The molecule has 0 bridgehead atoms. The lowest BCUT2D eigenvalue weighted by Crippen LogP contribution is -2.27. The quantitative estimate of drug-likeness (QED) is 0.654. The van der Waals surface area contributed by atoms with Gasteiger partial charge in [0.1, 0.15) is 6.54 Å². The van der Waals surface area contributed by atoms with E-state index in [1.54, 1.807) is 6.92 Å². The third-order valence-electron chi connectivity index (χ3n) is 0.966. The Balaban J connectivity index is 3.46. The Kier molecular flexibility index (Phi) is 3.25. The van der Waals surface area contributed by atoms with Crippen molar-refractivity contribution in [1.82, 2.24) is 5.32 Å². The fourth-order valence-electron chi connectivity index (χ4n) is 0.350. The van der Waals surface area contributed by atoms with Crippen LogP contribution < -0.4 is 5.32 Å². The normalized spacial score (nSPS) is 11.2. The second-order valence-corrected chi connectivity index (χ2v) is 1.93. The number of allylic oxidation sites excluding steroid dienone is 1. The maximum absolute atomic E-state index is 11.4. The van der Waals surface area contributed by atoms with E-state index in [-0.39, 0.29) is 0 Å². The molecule has 0 amide bonds. The third kappa shape index (κ3) is 5.47. The second-order valence-electron chi connectivity index (χ2n) is 1.93. The van der Waals surface area contributed by atoms with Crippen molar-refractivity contribution in [3.63, 3.8) is 0 Å². The van der Waals surface area contributed by atoms with Crippen LogP contribution in [0.3, 0.4) is 0 Å². The summed E-state index contributed by atoms with van der Waals surface area (Å²) in [5.74, 6) is 0. The molecular formula is C6H10F3N. The van der Waals surface area contributed by atoms with E-state index in [0.717, 1.165) is 0 Å². The second kappa shape index (κ2) is 3.49. The molecule has 4 heteroatoms. The van der Waals surface area contributed by atoms with Gasteiger partial charge in [0.25, 0.3) is 0 Å². The summed E-state index contributed by atoms with van der Waals surface area (Å²) in [7, 11) is 0. The molecule has 0 saturated heterocycles. The fourth-order valence-corrected chi connectivity index (χ4v) is 0.350. The number of rotatable bonds is 3. The molecule has 0 radical (unpaired) electrons. The number of alkyl halides is 3. The lowest BCUT2D eigenvalue weighted by molar-refractivity contribution is -0.123. The molecule has 60 valence electrons. The Morgan fingerprint density at radius 3 is 2.30 bits per heavy atom. The molecule has 0 aromatic rings. The molecule has 0 unspecified atom stereocenters. The molecule has 0 aromatic heterocycles. The minimum atomic E-state index is -4.14. The maximum Gasteiger partial charge on any atom is 0.405 e. The first-order valence-corrected chi connectivity index (χ1v) is 2.94. The summed E-state index contributed by atoms with van der Waals surface area (Å²) >= 11 is 0. The molecule has 0 atom stereocenters.